The van der Waals surface area contributed by atoms with Crippen molar-refractivity contribution in [2.24, 2.45) is 0 Å². The Kier molecular flexibility index (Phi) is 2.99. The Labute approximate surface area is 97.3 Å². The minimum atomic E-state index is -2.50. The van der Waals surface area contributed by atoms with Crippen LogP contribution in [-0.2, 0) is 0 Å². The molecule has 0 aliphatic rings. The fourth-order valence-corrected chi connectivity index (χ4v) is 1.54. The van der Waals surface area contributed by atoms with Crippen molar-refractivity contribution >= 4 is 5.82 Å². The summed E-state index contributed by atoms with van der Waals surface area (Å²) < 4.78 is 25.1. The van der Waals surface area contributed by atoms with E-state index in [9.17, 15) is 8.78 Å². The Morgan fingerprint density at radius 2 is 1.94 bits per heavy atom. The van der Waals surface area contributed by atoms with Crippen molar-refractivity contribution in [3.63, 3.8) is 0 Å². The number of halogens is 2. The van der Waals surface area contributed by atoms with E-state index in [4.69, 9.17) is 5.73 Å². The van der Waals surface area contributed by atoms with Crippen LogP contribution in [0.5, 0.6) is 0 Å². The molecule has 0 spiro atoms. The summed E-state index contributed by atoms with van der Waals surface area (Å²) in [6, 6.07) is 7.60. The van der Waals surface area contributed by atoms with Gasteiger partial charge in [-0.2, -0.15) is 0 Å². The molecule has 0 saturated heterocycles. The van der Waals surface area contributed by atoms with E-state index >= 15 is 0 Å². The van der Waals surface area contributed by atoms with Crippen molar-refractivity contribution in [1.82, 2.24) is 9.97 Å². The second kappa shape index (κ2) is 4.45. The topological polar surface area (TPSA) is 51.8 Å². The van der Waals surface area contributed by atoms with Crippen LogP contribution < -0.4 is 5.73 Å². The van der Waals surface area contributed by atoms with Crippen LogP contribution in [0.4, 0.5) is 14.6 Å². The van der Waals surface area contributed by atoms with E-state index < -0.39 is 6.43 Å². The highest BCUT2D eigenvalue weighted by Gasteiger charge is 2.09. The Hall–Kier alpha value is -2.04. The summed E-state index contributed by atoms with van der Waals surface area (Å²) >= 11 is 0. The number of nitrogens with zero attached hydrogens (tertiary/aromatic N) is 2. The van der Waals surface area contributed by atoms with Gasteiger partial charge in [0, 0.05) is 22.9 Å². The number of anilines is 1. The number of aryl methyl sites for hydroxylation is 1. The molecule has 0 aliphatic heterocycles. The van der Waals surface area contributed by atoms with Gasteiger partial charge in [0.05, 0.1) is 0 Å². The highest BCUT2D eigenvalue weighted by atomic mass is 19.3. The van der Waals surface area contributed by atoms with E-state index in [0.29, 0.717) is 22.9 Å². The first kappa shape index (κ1) is 11.4. The largest absolute Gasteiger partial charge is 0.384 e. The molecule has 88 valence electrons. The second-order valence-electron chi connectivity index (χ2n) is 3.68. The van der Waals surface area contributed by atoms with Crippen molar-refractivity contribution in [3.05, 3.63) is 41.6 Å². The molecule has 0 bridgehead atoms. The summed E-state index contributed by atoms with van der Waals surface area (Å²) in [7, 11) is 0. The number of benzene rings is 1. The Balaban J connectivity index is 2.49. The monoisotopic (exact) mass is 235 g/mol. The van der Waals surface area contributed by atoms with Gasteiger partial charge in [-0.3, -0.25) is 0 Å². The van der Waals surface area contributed by atoms with E-state index in [0.717, 1.165) is 0 Å². The van der Waals surface area contributed by atoms with Gasteiger partial charge in [-0.05, 0) is 13.0 Å². The molecular weight excluding hydrogens is 224 g/mol. The van der Waals surface area contributed by atoms with E-state index in [-0.39, 0.29) is 5.56 Å². The zero-order chi connectivity index (χ0) is 12.4. The first-order valence-electron chi connectivity index (χ1n) is 5.06. The summed E-state index contributed by atoms with van der Waals surface area (Å²) in [5.74, 6) is 0.694. The number of hydrogen-bond acceptors (Lipinski definition) is 3. The minimum absolute atomic E-state index is 0.0498. The van der Waals surface area contributed by atoms with Crippen molar-refractivity contribution < 1.29 is 8.78 Å². The van der Waals surface area contributed by atoms with Gasteiger partial charge in [0.1, 0.15) is 5.82 Å². The fourth-order valence-electron chi connectivity index (χ4n) is 1.54. The highest BCUT2D eigenvalue weighted by Crippen LogP contribution is 2.24. The molecule has 0 amide bonds. The smallest absolute Gasteiger partial charge is 0.263 e. The molecule has 17 heavy (non-hydrogen) atoms. The third-order valence-electron chi connectivity index (χ3n) is 2.27. The molecule has 2 N–H and O–H groups in total. The molecule has 0 radical (unpaired) electrons. The Bertz CT molecular complexity index is 521. The van der Waals surface area contributed by atoms with Gasteiger partial charge in [0.15, 0.2) is 5.82 Å². The number of alkyl halides is 2. The molecule has 0 saturated carbocycles. The molecule has 0 fully saturated rings. The first-order valence-corrected chi connectivity index (χ1v) is 5.06. The molecular formula is C12H11F2N3. The first-order chi connectivity index (χ1) is 8.06. The number of hydrogen-bond donors (Lipinski definition) is 1. The summed E-state index contributed by atoms with van der Waals surface area (Å²) in [5.41, 5.74) is 6.79. The van der Waals surface area contributed by atoms with Crippen LogP contribution in [0.15, 0.2) is 30.3 Å². The van der Waals surface area contributed by atoms with Crippen molar-refractivity contribution in [2.75, 3.05) is 5.73 Å². The summed E-state index contributed by atoms with van der Waals surface area (Å²) in [6.07, 6.45) is -2.50. The van der Waals surface area contributed by atoms with Crippen LogP contribution in [0, 0.1) is 6.92 Å². The lowest BCUT2D eigenvalue weighted by Crippen LogP contribution is -1.98. The van der Waals surface area contributed by atoms with E-state index in [2.05, 4.69) is 9.97 Å². The number of nitrogen functional groups attached to an aromatic ring is 1. The number of rotatable bonds is 2. The van der Waals surface area contributed by atoms with Gasteiger partial charge in [-0.15, -0.1) is 0 Å². The molecule has 1 aromatic carbocycles. The molecule has 1 heterocycles. The lowest BCUT2D eigenvalue weighted by atomic mass is 10.1. The Morgan fingerprint density at radius 3 is 2.59 bits per heavy atom. The van der Waals surface area contributed by atoms with Gasteiger partial charge in [-0.25, -0.2) is 18.7 Å². The van der Waals surface area contributed by atoms with Crippen LogP contribution in [0.2, 0.25) is 0 Å². The summed E-state index contributed by atoms with van der Waals surface area (Å²) in [4.78, 5) is 8.20. The van der Waals surface area contributed by atoms with E-state index in [1.807, 2.05) is 0 Å². The van der Waals surface area contributed by atoms with Crippen LogP contribution in [-0.4, -0.2) is 9.97 Å². The lowest BCUT2D eigenvalue weighted by molar-refractivity contribution is 0.151. The summed E-state index contributed by atoms with van der Waals surface area (Å²) in [6.45, 7) is 1.78. The highest BCUT2D eigenvalue weighted by molar-refractivity contribution is 5.58. The fraction of sp³-hybridized carbons (Fsp3) is 0.167. The molecule has 2 rings (SSSR count). The summed E-state index contributed by atoms with van der Waals surface area (Å²) in [5, 5.41) is 0. The number of aromatic nitrogens is 2. The minimum Gasteiger partial charge on any atom is -0.384 e. The van der Waals surface area contributed by atoms with Gasteiger partial charge < -0.3 is 5.73 Å². The maximum absolute atomic E-state index is 12.6. The average Bonchev–Trinajstić information content (AvgIpc) is 2.28. The van der Waals surface area contributed by atoms with Crippen molar-refractivity contribution in [3.8, 4) is 11.4 Å². The maximum Gasteiger partial charge on any atom is 0.263 e. The third kappa shape index (κ3) is 2.55. The predicted molar refractivity (Wildman–Crippen MR) is 61.6 cm³/mol. The predicted octanol–water partition coefficient (Wildman–Crippen LogP) is 2.97. The van der Waals surface area contributed by atoms with Gasteiger partial charge in [-0.1, -0.05) is 18.2 Å². The lowest BCUT2D eigenvalue weighted by Gasteiger charge is -2.05. The van der Waals surface area contributed by atoms with Gasteiger partial charge in [0.25, 0.3) is 6.43 Å². The Morgan fingerprint density at radius 1 is 1.18 bits per heavy atom. The quantitative estimate of drug-likeness (QED) is 0.870. The van der Waals surface area contributed by atoms with Crippen LogP contribution in [0.3, 0.4) is 0 Å². The maximum atomic E-state index is 12.6. The van der Waals surface area contributed by atoms with Crippen molar-refractivity contribution in [2.45, 2.75) is 13.3 Å². The van der Waals surface area contributed by atoms with E-state index in [1.165, 1.54) is 12.1 Å². The average molecular weight is 235 g/mol. The normalized spacial score (nSPS) is 10.8. The third-order valence-corrected chi connectivity index (χ3v) is 2.27. The van der Waals surface area contributed by atoms with Gasteiger partial charge >= 0.3 is 0 Å². The van der Waals surface area contributed by atoms with Crippen LogP contribution >= 0.6 is 0 Å². The number of nitrogens with two attached hydrogens (primary N) is 1. The van der Waals surface area contributed by atoms with Gasteiger partial charge in [0.2, 0.25) is 0 Å². The van der Waals surface area contributed by atoms with Crippen LogP contribution in [0.25, 0.3) is 11.4 Å². The van der Waals surface area contributed by atoms with Crippen molar-refractivity contribution in [1.29, 1.82) is 0 Å². The SMILES string of the molecule is Cc1cc(N)nc(-c2cccc(C(F)F)c2)n1. The zero-order valence-electron chi connectivity index (χ0n) is 9.19. The zero-order valence-corrected chi connectivity index (χ0v) is 9.19. The molecule has 5 heteroatoms. The van der Waals surface area contributed by atoms with E-state index in [1.54, 1.807) is 25.1 Å². The molecule has 0 aliphatic carbocycles. The molecule has 0 unspecified atom stereocenters. The molecule has 0 atom stereocenters. The second-order valence-corrected chi connectivity index (χ2v) is 3.68. The standard InChI is InChI=1S/C12H11F2N3/c1-7-5-10(15)17-12(16-7)9-4-2-3-8(6-9)11(13)14/h2-6,11H,1H3,(H2,15,16,17). The molecule has 1 aromatic heterocycles. The molecule has 3 nitrogen and oxygen atoms in total. The van der Waals surface area contributed by atoms with Crippen LogP contribution in [0.1, 0.15) is 17.7 Å². The molecule has 2 aromatic rings.